The minimum atomic E-state index is -0.647. The quantitative estimate of drug-likeness (QED) is 0.452. The van der Waals surface area contributed by atoms with Gasteiger partial charge in [-0.05, 0) is 6.42 Å². The number of amides is 1. The fraction of sp³-hybridized carbons (Fsp3) is 0.385. The van der Waals surface area contributed by atoms with Gasteiger partial charge in [0.25, 0.3) is 5.69 Å². The van der Waals surface area contributed by atoms with Crippen LogP contribution in [0.1, 0.15) is 18.9 Å². The highest BCUT2D eigenvalue weighted by Gasteiger charge is 2.20. The van der Waals surface area contributed by atoms with Crippen LogP contribution in [0, 0.1) is 21.4 Å². The number of hydrogen-bond donors (Lipinski definition) is 0. The van der Waals surface area contributed by atoms with Gasteiger partial charge in [-0.2, -0.15) is 5.26 Å². The van der Waals surface area contributed by atoms with Crippen LogP contribution in [0.2, 0.25) is 0 Å². The summed E-state index contributed by atoms with van der Waals surface area (Å²) in [6.45, 7) is 1.88. The number of nitrogens with zero attached hydrogens (tertiary/aromatic N) is 3. The molecule has 0 spiro atoms. The number of carbonyl (C=O) groups excluding carboxylic acids is 1. The Hall–Kier alpha value is -2.62. The van der Waals surface area contributed by atoms with E-state index < -0.39 is 11.0 Å². The van der Waals surface area contributed by atoms with Crippen LogP contribution in [0.3, 0.4) is 0 Å². The molecule has 0 saturated heterocycles. The van der Waals surface area contributed by atoms with E-state index in [2.05, 4.69) is 0 Å². The summed E-state index contributed by atoms with van der Waals surface area (Å²) in [6, 6.07) is 7.95. The number of nitro benzene ring substituents is 1. The van der Waals surface area contributed by atoms with Crippen molar-refractivity contribution in [3.8, 4) is 6.07 Å². The van der Waals surface area contributed by atoms with Crippen LogP contribution in [0.4, 0.5) is 10.5 Å². The maximum absolute atomic E-state index is 11.8. The Kier molecular flexibility index (Phi) is 5.97. The lowest BCUT2D eigenvalue weighted by Crippen LogP contribution is -2.32. The number of hydrogen-bond acceptors (Lipinski definition) is 5. The van der Waals surface area contributed by atoms with Crippen LogP contribution in [0.15, 0.2) is 24.3 Å². The number of carbonyl (C=O) groups is 1. The topological polar surface area (TPSA) is 96.5 Å². The lowest BCUT2D eigenvalue weighted by atomic mass is 10.1. The van der Waals surface area contributed by atoms with Gasteiger partial charge < -0.3 is 4.74 Å². The smallest absolute Gasteiger partial charge is 0.410 e. The van der Waals surface area contributed by atoms with E-state index >= 15 is 0 Å². The number of ether oxygens (including phenoxy) is 1. The van der Waals surface area contributed by atoms with Gasteiger partial charge in [-0.1, -0.05) is 25.1 Å². The van der Waals surface area contributed by atoms with Gasteiger partial charge in [-0.15, -0.1) is 0 Å². The molecule has 0 aromatic heterocycles. The fourth-order valence-corrected chi connectivity index (χ4v) is 1.58. The first-order valence-electron chi connectivity index (χ1n) is 6.11. The summed E-state index contributed by atoms with van der Waals surface area (Å²) in [5.41, 5.74) is 0.278. The van der Waals surface area contributed by atoms with Crippen molar-refractivity contribution in [3.63, 3.8) is 0 Å². The average Bonchev–Trinajstić information content (AvgIpc) is 2.44. The van der Waals surface area contributed by atoms with Crippen molar-refractivity contribution < 1.29 is 14.5 Å². The highest BCUT2D eigenvalue weighted by Crippen LogP contribution is 2.19. The Morgan fingerprint density at radius 1 is 1.50 bits per heavy atom. The third-order valence-corrected chi connectivity index (χ3v) is 2.50. The standard InChI is InChI=1S/C13H15N3O4/c1-2-9-20-13(17)15(8-7-14)10-11-5-3-4-6-12(11)16(18)19/h3-6H,2,8-10H2,1H3. The molecule has 0 bridgehead atoms. The molecule has 0 atom stereocenters. The molecule has 0 aliphatic rings. The van der Waals surface area contributed by atoms with Gasteiger partial charge in [-0.3, -0.25) is 15.0 Å². The summed E-state index contributed by atoms with van der Waals surface area (Å²) in [6.07, 6.45) is 0.0176. The van der Waals surface area contributed by atoms with Gasteiger partial charge >= 0.3 is 6.09 Å². The fourth-order valence-electron chi connectivity index (χ4n) is 1.58. The Balaban J connectivity index is 2.88. The second kappa shape index (κ2) is 7.74. The largest absolute Gasteiger partial charge is 0.449 e. The molecule has 7 heteroatoms. The van der Waals surface area contributed by atoms with Gasteiger partial charge in [0.05, 0.1) is 24.1 Å². The molecule has 0 heterocycles. The van der Waals surface area contributed by atoms with Crippen molar-refractivity contribution in [3.05, 3.63) is 39.9 Å². The van der Waals surface area contributed by atoms with Gasteiger partial charge in [-0.25, -0.2) is 4.79 Å². The van der Waals surface area contributed by atoms with E-state index in [-0.39, 0.29) is 25.4 Å². The monoisotopic (exact) mass is 277 g/mol. The van der Waals surface area contributed by atoms with Crippen molar-refractivity contribution in [1.82, 2.24) is 4.90 Å². The maximum Gasteiger partial charge on any atom is 0.410 e. The second-order valence-corrected chi connectivity index (χ2v) is 4.01. The zero-order chi connectivity index (χ0) is 15.0. The third kappa shape index (κ3) is 4.24. The van der Waals surface area contributed by atoms with Crippen molar-refractivity contribution in [2.45, 2.75) is 19.9 Å². The molecule has 0 unspecified atom stereocenters. The SMILES string of the molecule is CCCOC(=O)N(CC#N)Cc1ccccc1[N+](=O)[O-]. The highest BCUT2D eigenvalue weighted by atomic mass is 16.6. The Bertz CT molecular complexity index is 525. The lowest BCUT2D eigenvalue weighted by molar-refractivity contribution is -0.385. The molecule has 0 aliphatic heterocycles. The highest BCUT2D eigenvalue weighted by molar-refractivity contribution is 5.68. The molecule has 7 nitrogen and oxygen atoms in total. The third-order valence-electron chi connectivity index (χ3n) is 2.50. The van der Waals surface area contributed by atoms with Gasteiger partial charge in [0.15, 0.2) is 0 Å². The Morgan fingerprint density at radius 3 is 2.80 bits per heavy atom. The molecule has 1 aromatic carbocycles. The van der Waals surface area contributed by atoms with Crippen LogP contribution < -0.4 is 0 Å². The average molecular weight is 277 g/mol. The van der Waals surface area contributed by atoms with Crippen molar-refractivity contribution in [2.75, 3.05) is 13.2 Å². The number of para-hydroxylation sites is 1. The number of benzene rings is 1. The summed E-state index contributed by atoms with van der Waals surface area (Å²) in [5, 5.41) is 19.6. The normalized spacial score (nSPS) is 9.60. The summed E-state index contributed by atoms with van der Waals surface area (Å²) >= 11 is 0. The molecule has 0 saturated carbocycles. The number of rotatable bonds is 6. The van der Waals surface area contributed by atoms with E-state index in [1.165, 1.54) is 6.07 Å². The molecule has 0 radical (unpaired) electrons. The predicted molar refractivity (Wildman–Crippen MR) is 70.8 cm³/mol. The number of nitro groups is 1. The van der Waals surface area contributed by atoms with Crippen LogP contribution in [0.5, 0.6) is 0 Å². The molecular formula is C13H15N3O4. The van der Waals surface area contributed by atoms with E-state index in [0.29, 0.717) is 12.0 Å². The van der Waals surface area contributed by atoms with E-state index in [0.717, 1.165) is 4.90 Å². The van der Waals surface area contributed by atoms with Crippen LogP contribution in [-0.4, -0.2) is 29.1 Å². The predicted octanol–water partition coefficient (Wildman–Crippen LogP) is 2.47. The molecule has 0 N–H and O–H groups in total. The van der Waals surface area contributed by atoms with Crippen LogP contribution in [0.25, 0.3) is 0 Å². The first-order valence-corrected chi connectivity index (χ1v) is 6.11. The lowest BCUT2D eigenvalue weighted by Gasteiger charge is -2.18. The Morgan fingerprint density at radius 2 is 2.20 bits per heavy atom. The maximum atomic E-state index is 11.8. The summed E-state index contributed by atoms with van der Waals surface area (Å²) in [5.74, 6) is 0. The van der Waals surface area contributed by atoms with Crippen molar-refractivity contribution in [1.29, 1.82) is 5.26 Å². The zero-order valence-corrected chi connectivity index (χ0v) is 11.1. The van der Waals surface area contributed by atoms with E-state index in [9.17, 15) is 14.9 Å². The summed E-state index contributed by atoms with van der Waals surface area (Å²) in [7, 11) is 0. The van der Waals surface area contributed by atoms with Crippen molar-refractivity contribution in [2.24, 2.45) is 0 Å². The first-order chi connectivity index (χ1) is 9.60. The molecule has 0 aliphatic carbocycles. The van der Waals surface area contributed by atoms with Gasteiger partial charge in [0.1, 0.15) is 6.54 Å². The zero-order valence-electron chi connectivity index (χ0n) is 11.1. The van der Waals surface area contributed by atoms with Gasteiger partial charge in [0, 0.05) is 11.6 Å². The molecule has 106 valence electrons. The van der Waals surface area contributed by atoms with Crippen molar-refractivity contribution >= 4 is 11.8 Å². The molecule has 0 fully saturated rings. The van der Waals surface area contributed by atoms with Crippen LogP contribution in [-0.2, 0) is 11.3 Å². The number of nitriles is 1. The molecule has 20 heavy (non-hydrogen) atoms. The molecule has 1 rings (SSSR count). The molecule has 1 amide bonds. The second-order valence-electron chi connectivity index (χ2n) is 4.01. The summed E-state index contributed by atoms with van der Waals surface area (Å²) in [4.78, 5) is 23.3. The molecular weight excluding hydrogens is 262 g/mol. The minimum absolute atomic E-state index is 0.0345. The first kappa shape index (κ1) is 15.4. The minimum Gasteiger partial charge on any atom is -0.449 e. The Labute approximate surface area is 116 Å². The molecule has 1 aromatic rings. The van der Waals surface area contributed by atoms with E-state index in [1.54, 1.807) is 18.2 Å². The van der Waals surface area contributed by atoms with Gasteiger partial charge in [0.2, 0.25) is 0 Å². The van der Waals surface area contributed by atoms with E-state index in [1.807, 2.05) is 13.0 Å². The van der Waals surface area contributed by atoms with Crippen LogP contribution >= 0.6 is 0 Å². The summed E-state index contributed by atoms with van der Waals surface area (Å²) < 4.78 is 4.94. The van der Waals surface area contributed by atoms with E-state index in [4.69, 9.17) is 10.00 Å².